The van der Waals surface area contributed by atoms with Gasteiger partial charge in [0.05, 0.1) is 12.5 Å². The fourth-order valence-electron chi connectivity index (χ4n) is 4.00. The Bertz CT molecular complexity index is 651. The maximum absolute atomic E-state index is 12.2. The van der Waals surface area contributed by atoms with E-state index in [0.717, 1.165) is 19.4 Å². The third-order valence-electron chi connectivity index (χ3n) is 5.55. The van der Waals surface area contributed by atoms with Gasteiger partial charge < -0.3 is 9.57 Å². The Morgan fingerprint density at radius 1 is 1.12 bits per heavy atom. The van der Waals surface area contributed by atoms with Crippen molar-refractivity contribution in [1.82, 2.24) is 9.96 Å². The van der Waals surface area contributed by atoms with Gasteiger partial charge in [-0.25, -0.2) is 4.79 Å². The lowest BCUT2D eigenvalue weighted by atomic mass is 9.82. The Balaban J connectivity index is 1.25. The zero-order valence-electron chi connectivity index (χ0n) is 14.5. The molecule has 0 aromatic carbocycles. The number of ketones is 1. The molecule has 26 heavy (non-hydrogen) atoms. The Morgan fingerprint density at radius 3 is 2.50 bits per heavy atom. The summed E-state index contributed by atoms with van der Waals surface area (Å²) < 4.78 is 5.56. The number of fused-ring (bicyclic) bond motifs is 1. The maximum atomic E-state index is 12.2. The minimum atomic E-state index is -0.494. The molecule has 2 amide bonds. The Hall–Kier alpha value is -2.06. The number of carbonyl (C=O) groups is 4. The molecule has 3 aliphatic heterocycles. The minimum Gasteiger partial charge on any atom is -0.349 e. The van der Waals surface area contributed by atoms with Crippen LogP contribution in [0.1, 0.15) is 38.5 Å². The number of imide groups is 1. The van der Waals surface area contributed by atoms with E-state index in [1.165, 1.54) is 0 Å². The third-order valence-corrected chi connectivity index (χ3v) is 5.55. The van der Waals surface area contributed by atoms with E-state index in [1.54, 1.807) is 6.08 Å². The van der Waals surface area contributed by atoms with Gasteiger partial charge in [-0.3, -0.25) is 19.3 Å². The van der Waals surface area contributed by atoms with Crippen molar-refractivity contribution in [3.63, 3.8) is 0 Å². The summed E-state index contributed by atoms with van der Waals surface area (Å²) in [5.41, 5.74) is 0. The number of epoxide rings is 1. The fourth-order valence-corrected chi connectivity index (χ4v) is 4.00. The van der Waals surface area contributed by atoms with Crippen LogP contribution < -0.4 is 0 Å². The van der Waals surface area contributed by atoms with Gasteiger partial charge >= 0.3 is 5.97 Å². The first-order valence-electron chi connectivity index (χ1n) is 9.19. The molecule has 0 bridgehead atoms. The molecule has 2 saturated heterocycles. The lowest BCUT2D eigenvalue weighted by Gasteiger charge is -2.31. The normalized spacial score (nSPS) is 34.6. The highest BCUT2D eigenvalue weighted by molar-refractivity contribution is 6.01. The molecule has 4 rings (SSSR count). The van der Waals surface area contributed by atoms with Crippen molar-refractivity contribution in [1.29, 1.82) is 0 Å². The molecule has 0 N–H and O–H groups in total. The third kappa shape index (κ3) is 3.57. The second-order valence-corrected chi connectivity index (χ2v) is 7.46. The SMILES string of the molecule is O=C1C=CC2OC2N(CC2CCC(C(=O)ON3C(=O)CCC3=O)CC2)C1. The lowest BCUT2D eigenvalue weighted by molar-refractivity contribution is -0.201. The zero-order chi connectivity index (χ0) is 18.3. The molecule has 3 heterocycles. The van der Waals surface area contributed by atoms with Crippen LogP contribution in [-0.4, -0.2) is 59.0 Å². The van der Waals surface area contributed by atoms with E-state index in [1.807, 2.05) is 6.08 Å². The number of rotatable bonds is 4. The summed E-state index contributed by atoms with van der Waals surface area (Å²) in [6.45, 7) is 1.15. The molecule has 1 aliphatic carbocycles. The van der Waals surface area contributed by atoms with Crippen LogP contribution in [0, 0.1) is 11.8 Å². The smallest absolute Gasteiger partial charge is 0.336 e. The van der Waals surface area contributed by atoms with E-state index in [2.05, 4.69) is 4.90 Å². The van der Waals surface area contributed by atoms with Crippen LogP contribution in [0.2, 0.25) is 0 Å². The van der Waals surface area contributed by atoms with Gasteiger partial charge in [-0.15, -0.1) is 5.06 Å². The van der Waals surface area contributed by atoms with E-state index in [0.29, 0.717) is 30.4 Å². The molecule has 0 aromatic heterocycles. The van der Waals surface area contributed by atoms with Crippen LogP contribution in [0.5, 0.6) is 0 Å². The van der Waals surface area contributed by atoms with Crippen molar-refractivity contribution in [2.75, 3.05) is 13.1 Å². The van der Waals surface area contributed by atoms with Crippen LogP contribution in [0.15, 0.2) is 12.2 Å². The van der Waals surface area contributed by atoms with E-state index in [9.17, 15) is 19.2 Å². The first-order chi connectivity index (χ1) is 12.5. The summed E-state index contributed by atoms with van der Waals surface area (Å²) in [6, 6.07) is 0. The van der Waals surface area contributed by atoms with Crippen molar-refractivity contribution in [3.05, 3.63) is 12.2 Å². The highest BCUT2D eigenvalue weighted by atomic mass is 16.7. The number of amides is 2. The molecule has 8 heteroatoms. The van der Waals surface area contributed by atoms with E-state index in [-0.39, 0.29) is 36.9 Å². The van der Waals surface area contributed by atoms with E-state index >= 15 is 0 Å². The van der Waals surface area contributed by atoms with Crippen LogP contribution in [0.4, 0.5) is 0 Å². The summed E-state index contributed by atoms with van der Waals surface area (Å²) >= 11 is 0. The Labute approximate surface area is 151 Å². The summed E-state index contributed by atoms with van der Waals surface area (Å²) in [5.74, 6) is -1.19. The molecule has 0 radical (unpaired) electrons. The summed E-state index contributed by atoms with van der Waals surface area (Å²) in [6.07, 6.45) is 6.67. The number of nitrogens with zero attached hydrogens (tertiary/aromatic N) is 2. The van der Waals surface area contributed by atoms with Gasteiger partial charge in [0.2, 0.25) is 0 Å². The Morgan fingerprint density at radius 2 is 1.81 bits per heavy atom. The van der Waals surface area contributed by atoms with Gasteiger partial charge in [0.15, 0.2) is 5.78 Å². The molecule has 0 aromatic rings. The van der Waals surface area contributed by atoms with Gasteiger partial charge in [0, 0.05) is 19.4 Å². The van der Waals surface area contributed by atoms with Crippen molar-refractivity contribution in [3.8, 4) is 0 Å². The van der Waals surface area contributed by atoms with E-state index < -0.39 is 17.8 Å². The molecule has 1 saturated carbocycles. The quantitative estimate of drug-likeness (QED) is 0.533. The van der Waals surface area contributed by atoms with Crippen molar-refractivity contribution in [2.24, 2.45) is 11.8 Å². The highest BCUT2D eigenvalue weighted by Gasteiger charge is 2.45. The molecule has 4 aliphatic rings. The average Bonchev–Trinajstić information content (AvgIpc) is 3.36. The van der Waals surface area contributed by atoms with Gasteiger partial charge in [-0.2, -0.15) is 0 Å². The van der Waals surface area contributed by atoms with Crippen LogP contribution >= 0.6 is 0 Å². The fraction of sp³-hybridized carbons (Fsp3) is 0.667. The second kappa shape index (κ2) is 6.92. The Kier molecular flexibility index (Phi) is 4.62. The molecular weight excluding hydrogens is 340 g/mol. The van der Waals surface area contributed by atoms with Gasteiger partial charge in [-0.05, 0) is 43.8 Å². The molecule has 8 nitrogen and oxygen atoms in total. The summed E-state index contributed by atoms with van der Waals surface area (Å²) in [7, 11) is 0. The first kappa shape index (κ1) is 17.4. The molecular formula is C18H22N2O6. The molecule has 140 valence electrons. The topological polar surface area (TPSA) is 96.5 Å². The minimum absolute atomic E-state index is 0.00702. The molecule has 2 unspecified atom stereocenters. The monoisotopic (exact) mass is 362 g/mol. The molecule has 2 atom stereocenters. The maximum Gasteiger partial charge on any atom is 0.336 e. The number of hydrogen-bond acceptors (Lipinski definition) is 7. The first-order valence-corrected chi connectivity index (χ1v) is 9.19. The lowest BCUT2D eigenvalue weighted by Crippen LogP contribution is -2.39. The van der Waals surface area contributed by atoms with Crippen LogP contribution in [0.3, 0.4) is 0 Å². The van der Waals surface area contributed by atoms with Crippen LogP contribution in [-0.2, 0) is 28.8 Å². The largest absolute Gasteiger partial charge is 0.349 e. The molecule has 0 spiro atoms. The van der Waals surface area contributed by atoms with Gasteiger partial charge in [0.1, 0.15) is 12.3 Å². The van der Waals surface area contributed by atoms with Crippen LogP contribution in [0.25, 0.3) is 0 Å². The number of carbonyl (C=O) groups excluding carboxylic acids is 4. The number of hydrogen-bond donors (Lipinski definition) is 0. The molecule has 3 fully saturated rings. The second-order valence-electron chi connectivity index (χ2n) is 7.46. The van der Waals surface area contributed by atoms with E-state index in [4.69, 9.17) is 9.57 Å². The predicted molar refractivity (Wildman–Crippen MR) is 87.0 cm³/mol. The summed E-state index contributed by atoms with van der Waals surface area (Å²) in [4.78, 5) is 54.2. The van der Waals surface area contributed by atoms with Crippen molar-refractivity contribution < 1.29 is 28.8 Å². The number of ether oxygens (including phenoxy) is 1. The highest BCUT2D eigenvalue weighted by Crippen LogP contribution is 2.34. The summed E-state index contributed by atoms with van der Waals surface area (Å²) in [5, 5.41) is 0.620. The number of hydroxylamine groups is 2. The van der Waals surface area contributed by atoms with Gasteiger partial charge in [0.25, 0.3) is 11.8 Å². The average molecular weight is 362 g/mol. The van der Waals surface area contributed by atoms with Gasteiger partial charge in [-0.1, -0.05) is 0 Å². The van der Waals surface area contributed by atoms with Crippen molar-refractivity contribution >= 4 is 23.6 Å². The standard InChI is InChI=1S/C18H22N2O6/c21-13-5-6-14-17(25-14)19(10-13)9-11-1-3-12(4-2-11)18(24)26-20-15(22)7-8-16(20)23/h5-6,11-12,14,17H,1-4,7-10H2. The van der Waals surface area contributed by atoms with Crippen molar-refractivity contribution in [2.45, 2.75) is 50.9 Å². The predicted octanol–water partition coefficient (Wildman–Crippen LogP) is 0.566. The zero-order valence-corrected chi connectivity index (χ0v) is 14.5.